The lowest BCUT2D eigenvalue weighted by Crippen LogP contribution is -2.42. The fourth-order valence-corrected chi connectivity index (χ4v) is 2.78. The van der Waals surface area contributed by atoms with E-state index in [0.717, 1.165) is 11.3 Å². The van der Waals surface area contributed by atoms with Crippen molar-refractivity contribution in [1.82, 2.24) is 4.90 Å². The Morgan fingerprint density at radius 2 is 1.81 bits per heavy atom. The molecule has 6 nitrogen and oxygen atoms in total. The van der Waals surface area contributed by atoms with E-state index in [-0.39, 0.29) is 17.9 Å². The van der Waals surface area contributed by atoms with Gasteiger partial charge in [-0.2, -0.15) is 0 Å². The predicted molar refractivity (Wildman–Crippen MR) is 98.4 cm³/mol. The number of fused-ring (bicyclic) bond motifs is 1. The molecule has 2 amide bonds. The average molecular weight is 354 g/mol. The average Bonchev–Trinajstić information content (AvgIpc) is 2.62. The second-order valence-electron chi connectivity index (χ2n) is 6.33. The maximum absolute atomic E-state index is 12.5. The van der Waals surface area contributed by atoms with Gasteiger partial charge in [0.05, 0.1) is 13.0 Å². The Balaban J connectivity index is 1.53. The van der Waals surface area contributed by atoms with Gasteiger partial charge in [0.15, 0.2) is 17.6 Å². The number of nitrogens with one attached hydrogen (secondary N) is 1. The molecule has 0 aromatic heterocycles. The van der Waals surface area contributed by atoms with Crippen molar-refractivity contribution >= 4 is 17.5 Å². The Kier molecular flexibility index (Phi) is 5.41. The van der Waals surface area contributed by atoms with Crippen molar-refractivity contribution in [1.29, 1.82) is 0 Å². The van der Waals surface area contributed by atoms with Crippen LogP contribution in [-0.2, 0) is 16.0 Å². The van der Waals surface area contributed by atoms with E-state index in [1.165, 1.54) is 6.92 Å². The summed E-state index contributed by atoms with van der Waals surface area (Å²) >= 11 is 0. The molecule has 0 spiro atoms. The van der Waals surface area contributed by atoms with Crippen LogP contribution in [0, 0.1) is 0 Å². The highest BCUT2D eigenvalue weighted by atomic mass is 16.6. The molecule has 2 aromatic carbocycles. The third-order valence-electron chi connectivity index (χ3n) is 4.10. The molecule has 0 bridgehead atoms. The van der Waals surface area contributed by atoms with Crippen molar-refractivity contribution in [3.05, 3.63) is 54.1 Å². The molecule has 0 fully saturated rings. The van der Waals surface area contributed by atoms with Gasteiger partial charge in [0, 0.05) is 19.7 Å². The molecule has 6 heteroatoms. The van der Waals surface area contributed by atoms with Gasteiger partial charge in [0.1, 0.15) is 6.61 Å². The van der Waals surface area contributed by atoms with E-state index in [1.54, 1.807) is 24.1 Å². The molecule has 1 N–H and O–H groups in total. The molecule has 0 unspecified atom stereocenters. The minimum absolute atomic E-state index is 0.000245. The van der Waals surface area contributed by atoms with Gasteiger partial charge in [0.2, 0.25) is 11.8 Å². The maximum atomic E-state index is 12.5. The van der Waals surface area contributed by atoms with Crippen LogP contribution < -0.4 is 14.8 Å². The van der Waals surface area contributed by atoms with Crippen molar-refractivity contribution in [3.8, 4) is 11.5 Å². The van der Waals surface area contributed by atoms with Crippen molar-refractivity contribution < 1.29 is 19.1 Å². The van der Waals surface area contributed by atoms with E-state index in [4.69, 9.17) is 9.47 Å². The largest absolute Gasteiger partial charge is 0.486 e. The number of carbonyl (C=O) groups is 2. The van der Waals surface area contributed by atoms with Crippen LogP contribution in [0.5, 0.6) is 11.5 Å². The number of anilines is 1. The quantitative estimate of drug-likeness (QED) is 0.896. The van der Waals surface area contributed by atoms with Gasteiger partial charge in [-0.25, -0.2) is 0 Å². The molecular weight excluding hydrogens is 332 g/mol. The summed E-state index contributed by atoms with van der Waals surface area (Å²) in [6.45, 7) is 2.33. The summed E-state index contributed by atoms with van der Waals surface area (Å²) in [5.74, 6) is 1.32. The van der Waals surface area contributed by atoms with E-state index >= 15 is 0 Å². The standard InChI is InChI=1S/C20H22N2O4/c1-14(23)21-16-9-7-15(8-10-16)11-20(24)22(2)12-17-13-25-18-5-3-4-6-19(18)26-17/h3-10,17H,11-13H2,1-2H3,(H,21,23)/t17-/m0/s1. The number of para-hydroxylation sites is 2. The Labute approximate surface area is 152 Å². The molecule has 2 aromatic rings. The molecule has 136 valence electrons. The van der Waals surface area contributed by atoms with Crippen LogP contribution in [0.3, 0.4) is 0 Å². The molecule has 0 radical (unpaired) electrons. The van der Waals surface area contributed by atoms with E-state index < -0.39 is 0 Å². The number of hydrogen-bond acceptors (Lipinski definition) is 4. The fraction of sp³-hybridized carbons (Fsp3) is 0.300. The molecule has 0 saturated heterocycles. The summed E-state index contributed by atoms with van der Waals surface area (Å²) in [6.07, 6.45) is 0.0991. The van der Waals surface area contributed by atoms with Crippen LogP contribution in [-0.4, -0.2) is 43.0 Å². The number of carbonyl (C=O) groups excluding carboxylic acids is 2. The first-order valence-corrected chi connectivity index (χ1v) is 8.50. The minimum atomic E-state index is -0.194. The number of amides is 2. The first kappa shape index (κ1) is 17.8. The van der Waals surface area contributed by atoms with Gasteiger partial charge in [-0.3, -0.25) is 9.59 Å². The zero-order chi connectivity index (χ0) is 18.5. The van der Waals surface area contributed by atoms with E-state index in [2.05, 4.69) is 5.32 Å². The Hall–Kier alpha value is -3.02. The molecule has 0 aliphatic carbocycles. The van der Waals surface area contributed by atoms with Crippen molar-refractivity contribution in [2.45, 2.75) is 19.4 Å². The topological polar surface area (TPSA) is 67.9 Å². The lowest BCUT2D eigenvalue weighted by atomic mass is 10.1. The molecule has 3 rings (SSSR count). The summed E-state index contributed by atoms with van der Waals surface area (Å²) in [5, 5.41) is 2.71. The zero-order valence-corrected chi connectivity index (χ0v) is 14.9. The van der Waals surface area contributed by atoms with Gasteiger partial charge in [-0.05, 0) is 29.8 Å². The highest BCUT2D eigenvalue weighted by molar-refractivity contribution is 5.88. The number of hydrogen-bond donors (Lipinski definition) is 1. The molecule has 1 heterocycles. The number of benzene rings is 2. The highest BCUT2D eigenvalue weighted by Gasteiger charge is 2.23. The summed E-state index contributed by atoms with van der Waals surface area (Å²) in [7, 11) is 1.76. The van der Waals surface area contributed by atoms with Crippen LogP contribution in [0.4, 0.5) is 5.69 Å². The predicted octanol–water partition coefficient (Wildman–Crippen LogP) is 2.49. The van der Waals surface area contributed by atoms with Gasteiger partial charge < -0.3 is 19.7 Å². The minimum Gasteiger partial charge on any atom is -0.486 e. The van der Waals surface area contributed by atoms with Crippen LogP contribution in [0.2, 0.25) is 0 Å². The number of likely N-dealkylation sites (N-methyl/N-ethyl adjacent to an activating group) is 1. The van der Waals surface area contributed by atoms with Crippen LogP contribution in [0.15, 0.2) is 48.5 Å². The van der Waals surface area contributed by atoms with E-state index in [1.807, 2.05) is 36.4 Å². The summed E-state index contributed by atoms with van der Waals surface area (Å²) < 4.78 is 11.6. The smallest absolute Gasteiger partial charge is 0.226 e. The third-order valence-corrected chi connectivity index (χ3v) is 4.10. The summed E-state index contributed by atoms with van der Waals surface area (Å²) in [5.41, 5.74) is 1.61. The normalized spacial score (nSPS) is 15.2. The van der Waals surface area contributed by atoms with Crippen LogP contribution in [0.25, 0.3) is 0 Å². The zero-order valence-electron chi connectivity index (χ0n) is 14.9. The van der Waals surface area contributed by atoms with Crippen LogP contribution >= 0.6 is 0 Å². The lowest BCUT2D eigenvalue weighted by Gasteiger charge is -2.29. The van der Waals surface area contributed by atoms with Gasteiger partial charge in [-0.1, -0.05) is 24.3 Å². The molecule has 1 aliphatic heterocycles. The van der Waals surface area contributed by atoms with Gasteiger partial charge in [-0.15, -0.1) is 0 Å². The van der Waals surface area contributed by atoms with Gasteiger partial charge in [0.25, 0.3) is 0 Å². The van der Waals surface area contributed by atoms with Crippen molar-refractivity contribution in [2.24, 2.45) is 0 Å². The molecule has 1 atom stereocenters. The Morgan fingerprint density at radius 1 is 1.12 bits per heavy atom. The molecule has 26 heavy (non-hydrogen) atoms. The third kappa shape index (κ3) is 4.53. The van der Waals surface area contributed by atoms with E-state index in [0.29, 0.717) is 31.0 Å². The Bertz CT molecular complexity index is 789. The Morgan fingerprint density at radius 3 is 2.50 bits per heavy atom. The summed E-state index contributed by atoms with van der Waals surface area (Å²) in [6, 6.07) is 14.8. The van der Waals surface area contributed by atoms with Gasteiger partial charge >= 0.3 is 0 Å². The fourth-order valence-electron chi connectivity index (χ4n) is 2.78. The SMILES string of the molecule is CC(=O)Nc1ccc(CC(=O)N(C)C[C@H]2COc3ccccc3O2)cc1. The van der Waals surface area contributed by atoms with Crippen molar-refractivity contribution in [3.63, 3.8) is 0 Å². The lowest BCUT2D eigenvalue weighted by molar-refractivity contribution is -0.130. The molecule has 0 saturated carbocycles. The highest BCUT2D eigenvalue weighted by Crippen LogP contribution is 2.30. The molecular formula is C20H22N2O4. The van der Waals surface area contributed by atoms with E-state index in [9.17, 15) is 9.59 Å². The number of nitrogens with zero attached hydrogens (tertiary/aromatic N) is 1. The number of rotatable bonds is 5. The number of ether oxygens (including phenoxy) is 2. The maximum Gasteiger partial charge on any atom is 0.226 e. The second-order valence-corrected chi connectivity index (χ2v) is 6.33. The summed E-state index contributed by atoms with van der Waals surface area (Å²) in [4.78, 5) is 25.1. The molecule has 1 aliphatic rings. The van der Waals surface area contributed by atoms with Crippen LogP contribution in [0.1, 0.15) is 12.5 Å². The first-order chi connectivity index (χ1) is 12.5. The van der Waals surface area contributed by atoms with Crippen molar-refractivity contribution in [2.75, 3.05) is 25.5 Å². The first-order valence-electron chi connectivity index (χ1n) is 8.50. The second kappa shape index (κ2) is 7.91. The monoisotopic (exact) mass is 354 g/mol.